The Hall–Kier alpha value is -2.77. The quantitative estimate of drug-likeness (QED) is 0.436. The summed E-state index contributed by atoms with van der Waals surface area (Å²) in [6, 6.07) is 24.8. The van der Waals surface area contributed by atoms with Crippen molar-refractivity contribution >= 4 is 33.4 Å². The van der Waals surface area contributed by atoms with Gasteiger partial charge in [0.1, 0.15) is 0 Å². The summed E-state index contributed by atoms with van der Waals surface area (Å²) >= 11 is 1.65. The maximum Gasteiger partial charge on any atom is 0.264 e. The van der Waals surface area contributed by atoms with E-state index in [2.05, 4.69) is 5.32 Å². The van der Waals surface area contributed by atoms with Gasteiger partial charge in [0.15, 0.2) is 0 Å². The van der Waals surface area contributed by atoms with Gasteiger partial charge in [-0.1, -0.05) is 48.5 Å². The summed E-state index contributed by atoms with van der Waals surface area (Å²) in [6.45, 7) is 0.474. The van der Waals surface area contributed by atoms with Gasteiger partial charge in [0.05, 0.1) is 16.1 Å². The van der Waals surface area contributed by atoms with Gasteiger partial charge in [0.25, 0.3) is 15.9 Å². The third kappa shape index (κ3) is 5.19. The predicted octanol–water partition coefficient (Wildman–Crippen LogP) is 4.03. The molecule has 3 rings (SSSR count). The van der Waals surface area contributed by atoms with Crippen LogP contribution in [-0.2, 0) is 10.0 Å². The third-order valence-corrected chi connectivity index (χ3v) is 7.09. The number of nitrogens with zero attached hydrogens (tertiary/aromatic N) is 1. The van der Waals surface area contributed by atoms with E-state index in [0.29, 0.717) is 17.8 Å². The fourth-order valence-corrected chi connectivity index (χ4v) is 4.79. The van der Waals surface area contributed by atoms with E-state index in [1.54, 1.807) is 54.2 Å². The normalized spacial score (nSPS) is 11.1. The largest absolute Gasteiger partial charge is 0.351 e. The van der Waals surface area contributed by atoms with E-state index in [4.69, 9.17) is 0 Å². The number of anilines is 1. The molecule has 0 unspecified atom stereocenters. The van der Waals surface area contributed by atoms with Crippen LogP contribution >= 0.6 is 11.8 Å². The number of benzene rings is 3. The lowest BCUT2D eigenvalue weighted by Crippen LogP contribution is -2.31. The van der Waals surface area contributed by atoms with Crippen LogP contribution in [0, 0.1) is 0 Å². The number of carbonyl (C=O) groups excluding carboxylic acids is 1. The topological polar surface area (TPSA) is 66.5 Å². The van der Waals surface area contributed by atoms with Crippen LogP contribution in [0.1, 0.15) is 10.4 Å². The summed E-state index contributed by atoms with van der Waals surface area (Å²) in [5.41, 5.74) is 0.656. The summed E-state index contributed by atoms with van der Waals surface area (Å²) in [6.07, 6.45) is 0. The van der Waals surface area contributed by atoms with Crippen LogP contribution in [0.15, 0.2) is 94.7 Å². The number of para-hydroxylation sites is 1. The molecule has 0 heterocycles. The van der Waals surface area contributed by atoms with Crippen molar-refractivity contribution in [3.05, 3.63) is 90.5 Å². The van der Waals surface area contributed by atoms with Crippen LogP contribution in [0.5, 0.6) is 0 Å². The summed E-state index contributed by atoms with van der Waals surface area (Å²) in [7, 11) is -2.30. The second-order valence-corrected chi connectivity index (χ2v) is 9.36. The molecule has 0 bridgehead atoms. The summed E-state index contributed by atoms with van der Waals surface area (Å²) < 4.78 is 27.0. The molecule has 0 aromatic heterocycles. The number of thioether (sulfide) groups is 1. The van der Waals surface area contributed by atoms with Crippen LogP contribution in [0.4, 0.5) is 5.69 Å². The van der Waals surface area contributed by atoms with Crippen molar-refractivity contribution in [1.82, 2.24) is 5.32 Å². The van der Waals surface area contributed by atoms with E-state index in [1.165, 1.54) is 19.2 Å². The van der Waals surface area contributed by atoms with Gasteiger partial charge in [-0.15, -0.1) is 11.8 Å². The summed E-state index contributed by atoms with van der Waals surface area (Å²) in [5.74, 6) is 0.417. The van der Waals surface area contributed by atoms with Crippen molar-refractivity contribution in [2.45, 2.75) is 9.79 Å². The average Bonchev–Trinajstić information content (AvgIpc) is 2.77. The molecule has 0 aliphatic carbocycles. The number of hydrogen-bond donors (Lipinski definition) is 1. The van der Waals surface area contributed by atoms with Gasteiger partial charge in [0.2, 0.25) is 0 Å². The van der Waals surface area contributed by atoms with Crippen molar-refractivity contribution in [2.75, 3.05) is 23.7 Å². The maximum atomic E-state index is 12.9. The van der Waals surface area contributed by atoms with Gasteiger partial charge in [0, 0.05) is 24.2 Å². The number of rotatable bonds is 8. The summed E-state index contributed by atoms with van der Waals surface area (Å²) in [4.78, 5) is 14.0. The first-order valence-electron chi connectivity index (χ1n) is 9.09. The molecule has 0 atom stereocenters. The zero-order chi connectivity index (χ0) is 20.7. The lowest BCUT2D eigenvalue weighted by Gasteiger charge is -2.22. The van der Waals surface area contributed by atoms with E-state index in [9.17, 15) is 13.2 Å². The highest BCUT2D eigenvalue weighted by Gasteiger charge is 2.24. The van der Waals surface area contributed by atoms with Gasteiger partial charge in [-0.25, -0.2) is 8.42 Å². The summed E-state index contributed by atoms with van der Waals surface area (Å²) in [5, 5.41) is 2.87. The number of nitrogens with one attached hydrogen (secondary N) is 1. The molecular formula is C22H22N2O3S2. The molecule has 1 N–H and O–H groups in total. The average molecular weight is 427 g/mol. The van der Waals surface area contributed by atoms with Crippen molar-refractivity contribution in [1.29, 1.82) is 0 Å². The Morgan fingerprint density at radius 1 is 0.897 bits per heavy atom. The first-order valence-corrected chi connectivity index (χ1v) is 11.5. The van der Waals surface area contributed by atoms with Crippen molar-refractivity contribution in [2.24, 2.45) is 0 Å². The molecule has 0 saturated carbocycles. The van der Waals surface area contributed by atoms with Crippen molar-refractivity contribution < 1.29 is 13.2 Å². The minimum absolute atomic E-state index is 0.178. The lowest BCUT2D eigenvalue weighted by atomic mass is 10.1. The van der Waals surface area contributed by atoms with E-state index in [1.807, 2.05) is 30.3 Å². The Bertz CT molecular complexity index is 1060. The van der Waals surface area contributed by atoms with E-state index >= 15 is 0 Å². The predicted molar refractivity (Wildman–Crippen MR) is 118 cm³/mol. The highest BCUT2D eigenvalue weighted by atomic mass is 32.2. The van der Waals surface area contributed by atoms with E-state index in [-0.39, 0.29) is 10.8 Å². The standard InChI is InChI=1S/C22H22N2O3S2/c1-24(29(26,27)19-12-6-3-7-13-19)21-15-9-8-14-20(21)22(25)23-16-17-28-18-10-4-2-5-11-18/h2-15H,16-17H2,1H3,(H,23,25). The molecule has 5 nitrogen and oxygen atoms in total. The molecule has 3 aromatic rings. The molecule has 150 valence electrons. The molecule has 29 heavy (non-hydrogen) atoms. The molecule has 0 radical (unpaired) electrons. The first-order chi connectivity index (χ1) is 14.0. The molecule has 0 spiro atoms. The van der Waals surface area contributed by atoms with E-state index < -0.39 is 10.0 Å². The zero-order valence-corrected chi connectivity index (χ0v) is 17.6. The molecule has 3 aromatic carbocycles. The fraction of sp³-hybridized carbons (Fsp3) is 0.136. The molecule has 0 fully saturated rings. The van der Waals surface area contributed by atoms with Crippen molar-refractivity contribution in [3.8, 4) is 0 Å². The second-order valence-electron chi connectivity index (χ2n) is 6.22. The molecule has 0 aliphatic heterocycles. The number of hydrogen-bond acceptors (Lipinski definition) is 4. The number of amides is 1. The minimum Gasteiger partial charge on any atom is -0.351 e. The van der Waals surface area contributed by atoms with Gasteiger partial charge in [-0.2, -0.15) is 0 Å². The second kappa shape index (κ2) is 9.62. The van der Waals surface area contributed by atoms with E-state index in [0.717, 1.165) is 15.0 Å². The minimum atomic E-state index is -3.76. The highest BCUT2D eigenvalue weighted by molar-refractivity contribution is 7.99. The maximum absolute atomic E-state index is 12.9. The Kier molecular flexibility index (Phi) is 6.95. The Labute approximate surface area is 175 Å². The van der Waals surface area contributed by atoms with Gasteiger partial charge in [-0.05, 0) is 36.4 Å². The van der Waals surface area contributed by atoms with Gasteiger partial charge in [-0.3, -0.25) is 9.10 Å². The molecular weight excluding hydrogens is 404 g/mol. The lowest BCUT2D eigenvalue weighted by molar-refractivity contribution is 0.0957. The van der Waals surface area contributed by atoms with Crippen LogP contribution in [0.25, 0.3) is 0 Å². The Morgan fingerprint density at radius 3 is 2.17 bits per heavy atom. The smallest absolute Gasteiger partial charge is 0.264 e. The zero-order valence-electron chi connectivity index (χ0n) is 16.0. The van der Waals surface area contributed by atoms with Gasteiger partial charge < -0.3 is 5.32 Å². The van der Waals surface area contributed by atoms with Crippen LogP contribution < -0.4 is 9.62 Å². The van der Waals surface area contributed by atoms with Gasteiger partial charge >= 0.3 is 0 Å². The molecule has 1 amide bonds. The van der Waals surface area contributed by atoms with Crippen LogP contribution in [-0.4, -0.2) is 33.7 Å². The SMILES string of the molecule is CN(c1ccccc1C(=O)NCCSc1ccccc1)S(=O)(=O)c1ccccc1. The van der Waals surface area contributed by atoms with Crippen LogP contribution in [0.3, 0.4) is 0 Å². The van der Waals surface area contributed by atoms with Crippen LogP contribution in [0.2, 0.25) is 0 Å². The number of sulfonamides is 1. The molecule has 0 saturated heterocycles. The third-order valence-electron chi connectivity index (χ3n) is 4.29. The monoisotopic (exact) mass is 426 g/mol. The first kappa shape index (κ1) is 21.0. The Balaban J connectivity index is 1.70. The van der Waals surface area contributed by atoms with Crippen molar-refractivity contribution in [3.63, 3.8) is 0 Å². The molecule has 7 heteroatoms. The molecule has 0 aliphatic rings. The fourth-order valence-electron chi connectivity index (χ4n) is 2.77. The Morgan fingerprint density at radius 2 is 1.48 bits per heavy atom. The highest BCUT2D eigenvalue weighted by Crippen LogP contribution is 2.25. The number of carbonyl (C=O) groups is 1.